The van der Waals surface area contributed by atoms with E-state index in [9.17, 15) is 14.4 Å². The van der Waals surface area contributed by atoms with E-state index < -0.39 is 11.3 Å². The van der Waals surface area contributed by atoms with Crippen LogP contribution in [0.25, 0.3) is 0 Å². The second-order valence-electron chi connectivity index (χ2n) is 6.59. The van der Waals surface area contributed by atoms with Crippen molar-refractivity contribution in [2.24, 2.45) is 11.3 Å². The normalized spacial score (nSPS) is 19.8. The Kier molecular flexibility index (Phi) is 4.86. The minimum atomic E-state index is -0.918. The number of carbonyl (C=O) groups excluding carboxylic acids is 3. The van der Waals surface area contributed by atoms with Crippen molar-refractivity contribution < 1.29 is 14.4 Å². The Hall–Kier alpha value is -2.27. The minimum Gasteiger partial charge on any atom is -0.303 e. The third-order valence-electron chi connectivity index (χ3n) is 4.72. The number of hydrogen-bond donors (Lipinski definition) is 0. The van der Waals surface area contributed by atoms with Gasteiger partial charge in [0.2, 0.25) is 11.8 Å². The molecule has 1 aliphatic rings. The Bertz CT molecular complexity index is 803. The predicted molar refractivity (Wildman–Crippen MR) is 99.1 cm³/mol. The number of aldehydes is 1. The molecule has 128 valence electrons. The summed E-state index contributed by atoms with van der Waals surface area (Å²) in [7, 11) is 0. The van der Waals surface area contributed by atoms with Crippen LogP contribution in [0.2, 0.25) is 0 Å². The maximum atomic E-state index is 12.9. The average molecular weight is 400 g/mol. The third-order valence-corrected chi connectivity index (χ3v) is 5.25. The van der Waals surface area contributed by atoms with Crippen molar-refractivity contribution in [2.45, 2.75) is 19.8 Å². The summed E-state index contributed by atoms with van der Waals surface area (Å²) in [4.78, 5) is 38.5. The van der Waals surface area contributed by atoms with Gasteiger partial charge in [-0.3, -0.25) is 14.5 Å². The Morgan fingerprint density at radius 3 is 2.36 bits per heavy atom. The number of amides is 2. The molecule has 0 aliphatic carbocycles. The van der Waals surface area contributed by atoms with Crippen molar-refractivity contribution in [3.8, 4) is 0 Å². The Morgan fingerprint density at radius 1 is 1.12 bits per heavy atom. The summed E-state index contributed by atoms with van der Waals surface area (Å²) in [5, 5.41) is 0. The number of halogens is 1. The molecule has 0 saturated carbocycles. The van der Waals surface area contributed by atoms with Crippen LogP contribution in [0.1, 0.15) is 18.9 Å². The van der Waals surface area contributed by atoms with Crippen molar-refractivity contribution in [1.29, 1.82) is 0 Å². The molecule has 5 heteroatoms. The second kappa shape index (κ2) is 6.92. The predicted octanol–water partition coefficient (Wildman–Crippen LogP) is 3.78. The van der Waals surface area contributed by atoms with E-state index in [2.05, 4.69) is 15.9 Å². The Balaban J connectivity index is 1.89. The molecule has 25 heavy (non-hydrogen) atoms. The summed E-state index contributed by atoms with van der Waals surface area (Å²) in [5.74, 6) is -1.22. The van der Waals surface area contributed by atoms with Crippen molar-refractivity contribution >= 4 is 39.7 Å². The molecule has 0 aromatic heterocycles. The van der Waals surface area contributed by atoms with Gasteiger partial charge in [0, 0.05) is 16.3 Å². The number of anilines is 1. The number of nitrogens with zero attached hydrogens (tertiary/aromatic N) is 1. The van der Waals surface area contributed by atoms with Gasteiger partial charge in [-0.2, -0.15) is 0 Å². The molecular formula is C20H18BrNO3. The smallest absolute Gasteiger partial charge is 0.238 e. The van der Waals surface area contributed by atoms with Crippen molar-refractivity contribution in [1.82, 2.24) is 0 Å². The molecular weight excluding hydrogens is 382 g/mol. The van der Waals surface area contributed by atoms with Crippen LogP contribution < -0.4 is 4.90 Å². The summed E-state index contributed by atoms with van der Waals surface area (Å²) < 4.78 is 0.869. The van der Waals surface area contributed by atoms with Gasteiger partial charge in [0.1, 0.15) is 6.29 Å². The topological polar surface area (TPSA) is 54.5 Å². The highest BCUT2D eigenvalue weighted by Crippen LogP contribution is 2.39. The molecule has 3 rings (SSSR count). The number of carbonyl (C=O) groups is 3. The van der Waals surface area contributed by atoms with Gasteiger partial charge in [0.25, 0.3) is 0 Å². The first-order chi connectivity index (χ1) is 11.9. The molecule has 0 unspecified atom stereocenters. The zero-order valence-electron chi connectivity index (χ0n) is 13.8. The van der Waals surface area contributed by atoms with Crippen LogP contribution in [-0.2, 0) is 20.8 Å². The summed E-state index contributed by atoms with van der Waals surface area (Å²) in [6.45, 7) is 1.76. The SMILES string of the molecule is C[C@@](C=O)(Cc1ccccc1)[C@@H]1CC(=O)N(c2ccc(Br)cc2)C1=O. The molecule has 4 nitrogen and oxygen atoms in total. The molecule has 1 heterocycles. The zero-order valence-corrected chi connectivity index (χ0v) is 15.4. The molecule has 2 aromatic rings. The average Bonchev–Trinajstić information content (AvgIpc) is 2.92. The summed E-state index contributed by atoms with van der Waals surface area (Å²) in [6.07, 6.45) is 1.30. The highest BCUT2D eigenvalue weighted by atomic mass is 79.9. The van der Waals surface area contributed by atoms with Gasteiger partial charge in [0.15, 0.2) is 0 Å². The molecule has 0 radical (unpaired) electrons. The fraction of sp³-hybridized carbons (Fsp3) is 0.250. The number of hydrogen-bond acceptors (Lipinski definition) is 3. The van der Waals surface area contributed by atoms with Gasteiger partial charge in [0.05, 0.1) is 11.6 Å². The highest BCUT2D eigenvalue weighted by Gasteiger charge is 2.49. The van der Waals surface area contributed by atoms with E-state index in [1.54, 1.807) is 31.2 Å². The maximum Gasteiger partial charge on any atom is 0.238 e. The summed E-state index contributed by atoms with van der Waals surface area (Å²) in [5.41, 5.74) is 0.589. The van der Waals surface area contributed by atoms with Gasteiger partial charge in [-0.05, 0) is 36.2 Å². The Labute approximate surface area is 155 Å². The minimum absolute atomic E-state index is 0.0526. The molecule has 2 atom stereocenters. The third kappa shape index (κ3) is 3.42. The molecule has 1 fully saturated rings. The highest BCUT2D eigenvalue weighted by molar-refractivity contribution is 9.10. The summed E-state index contributed by atoms with van der Waals surface area (Å²) in [6, 6.07) is 16.6. The van der Waals surface area contributed by atoms with E-state index in [0.717, 1.165) is 16.3 Å². The zero-order chi connectivity index (χ0) is 18.0. The second-order valence-corrected chi connectivity index (χ2v) is 7.50. The van der Waals surface area contributed by atoms with E-state index in [4.69, 9.17) is 0 Å². The molecule has 0 bridgehead atoms. The lowest BCUT2D eigenvalue weighted by Gasteiger charge is -2.28. The molecule has 2 amide bonds. The lowest BCUT2D eigenvalue weighted by molar-refractivity contribution is -0.129. The molecule has 1 saturated heterocycles. The molecule has 2 aromatic carbocycles. The van der Waals surface area contributed by atoms with E-state index in [1.807, 2.05) is 30.3 Å². The van der Waals surface area contributed by atoms with E-state index in [0.29, 0.717) is 12.1 Å². The lowest BCUT2D eigenvalue weighted by Crippen LogP contribution is -2.38. The van der Waals surface area contributed by atoms with Gasteiger partial charge in [-0.25, -0.2) is 0 Å². The summed E-state index contributed by atoms with van der Waals surface area (Å²) >= 11 is 3.34. The number of rotatable bonds is 5. The van der Waals surface area contributed by atoms with Crippen LogP contribution in [0.5, 0.6) is 0 Å². The quantitative estimate of drug-likeness (QED) is 0.567. The molecule has 0 spiro atoms. The van der Waals surface area contributed by atoms with Crippen molar-refractivity contribution in [3.63, 3.8) is 0 Å². The van der Waals surface area contributed by atoms with E-state index in [-0.39, 0.29) is 18.2 Å². The Morgan fingerprint density at radius 2 is 1.76 bits per heavy atom. The standard InChI is InChI=1S/C20H18BrNO3/c1-20(13-23,12-14-5-3-2-4-6-14)17-11-18(24)22(19(17)25)16-9-7-15(21)8-10-16/h2-10,13,17H,11-12H2,1H3/t17-,20+/m1/s1. The van der Waals surface area contributed by atoms with Crippen LogP contribution in [0.4, 0.5) is 5.69 Å². The lowest BCUT2D eigenvalue weighted by atomic mass is 9.73. The fourth-order valence-electron chi connectivity index (χ4n) is 3.29. The first-order valence-corrected chi connectivity index (χ1v) is 8.86. The van der Waals surface area contributed by atoms with Gasteiger partial charge < -0.3 is 4.79 Å². The van der Waals surface area contributed by atoms with Gasteiger partial charge in [-0.1, -0.05) is 53.2 Å². The van der Waals surface area contributed by atoms with Crippen LogP contribution in [0.3, 0.4) is 0 Å². The number of imide groups is 1. The molecule has 1 aliphatic heterocycles. The fourth-order valence-corrected chi connectivity index (χ4v) is 3.56. The first kappa shape index (κ1) is 17.5. The van der Waals surface area contributed by atoms with Crippen molar-refractivity contribution in [3.05, 3.63) is 64.6 Å². The van der Waals surface area contributed by atoms with Crippen molar-refractivity contribution in [2.75, 3.05) is 4.90 Å². The van der Waals surface area contributed by atoms with Crippen LogP contribution >= 0.6 is 15.9 Å². The van der Waals surface area contributed by atoms with Gasteiger partial charge >= 0.3 is 0 Å². The largest absolute Gasteiger partial charge is 0.303 e. The van der Waals surface area contributed by atoms with Gasteiger partial charge in [-0.15, -0.1) is 0 Å². The number of benzene rings is 2. The van der Waals surface area contributed by atoms with Crippen LogP contribution in [0.15, 0.2) is 59.1 Å². The monoisotopic (exact) mass is 399 g/mol. The van der Waals surface area contributed by atoms with E-state index >= 15 is 0 Å². The molecule has 0 N–H and O–H groups in total. The van der Waals surface area contributed by atoms with Crippen LogP contribution in [0, 0.1) is 11.3 Å². The van der Waals surface area contributed by atoms with E-state index in [1.165, 1.54) is 4.90 Å². The first-order valence-electron chi connectivity index (χ1n) is 8.07. The van der Waals surface area contributed by atoms with Crippen LogP contribution in [-0.4, -0.2) is 18.1 Å². The maximum absolute atomic E-state index is 12.9.